The Bertz CT molecular complexity index is 201. The van der Waals surface area contributed by atoms with Gasteiger partial charge in [0.2, 0.25) is 0 Å². The van der Waals surface area contributed by atoms with Crippen LogP contribution in [0.1, 0.15) is 44.9 Å². The average molecular weight is 209 g/mol. The minimum Gasteiger partial charge on any atom is -0.381 e. The Morgan fingerprint density at radius 2 is 1.53 bits per heavy atom. The van der Waals surface area contributed by atoms with Gasteiger partial charge in [0.25, 0.3) is 0 Å². The van der Waals surface area contributed by atoms with Crippen LogP contribution in [0.5, 0.6) is 0 Å². The largest absolute Gasteiger partial charge is 0.381 e. The molecular formula is C13H23NO. The molecule has 1 N–H and O–H groups in total. The van der Waals surface area contributed by atoms with Crippen LogP contribution in [0.25, 0.3) is 0 Å². The van der Waals surface area contributed by atoms with E-state index in [1.165, 1.54) is 44.9 Å². The number of ether oxygens (including phenoxy) is 1. The third-order valence-corrected chi connectivity index (χ3v) is 4.58. The lowest BCUT2D eigenvalue weighted by Gasteiger charge is -2.32. The molecule has 2 heteroatoms. The molecule has 2 bridgehead atoms. The van der Waals surface area contributed by atoms with E-state index in [0.717, 1.165) is 37.1 Å². The SMILES string of the molecule is C1CC(CC2CC3CCC(C2)N3)CCO1. The second kappa shape index (κ2) is 4.42. The molecule has 15 heavy (non-hydrogen) atoms. The normalized spacial score (nSPS) is 42.0. The third-order valence-electron chi connectivity index (χ3n) is 4.58. The van der Waals surface area contributed by atoms with Gasteiger partial charge in [-0.05, 0) is 56.8 Å². The molecule has 0 amide bonds. The van der Waals surface area contributed by atoms with E-state index in [0.29, 0.717) is 0 Å². The van der Waals surface area contributed by atoms with Gasteiger partial charge in [-0.1, -0.05) is 0 Å². The molecule has 3 aliphatic heterocycles. The van der Waals surface area contributed by atoms with E-state index in [-0.39, 0.29) is 0 Å². The van der Waals surface area contributed by atoms with Gasteiger partial charge in [0.05, 0.1) is 0 Å². The molecule has 0 aromatic carbocycles. The smallest absolute Gasteiger partial charge is 0.0468 e. The number of hydrogen-bond acceptors (Lipinski definition) is 2. The number of nitrogens with one attached hydrogen (secondary N) is 1. The minimum absolute atomic E-state index is 0.869. The second-order valence-corrected chi connectivity index (χ2v) is 5.77. The molecule has 2 atom stereocenters. The zero-order valence-electron chi connectivity index (χ0n) is 9.58. The van der Waals surface area contributed by atoms with Crippen LogP contribution < -0.4 is 5.32 Å². The predicted molar refractivity (Wildman–Crippen MR) is 60.8 cm³/mol. The maximum Gasteiger partial charge on any atom is 0.0468 e. The number of fused-ring (bicyclic) bond motifs is 2. The second-order valence-electron chi connectivity index (χ2n) is 5.77. The van der Waals surface area contributed by atoms with Gasteiger partial charge in [-0.25, -0.2) is 0 Å². The lowest BCUT2D eigenvalue weighted by atomic mass is 9.82. The van der Waals surface area contributed by atoms with E-state index in [4.69, 9.17) is 4.74 Å². The van der Waals surface area contributed by atoms with Gasteiger partial charge < -0.3 is 10.1 Å². The minimum atomic E-state index is 0.869. The number of hydrogen-bond donors (Lipinski definition) is 1. The molecule has 0 spiro atoms. The first kappa shape index (κ1) is 10.1. The lowest BCUT2D eigenvalue weighted by molar-refractivity contribution is 0.0553. The summed E-state index contributed by atoms with van der Waals surface area (Å²) in [5.41, 5.74) is 0. The van der Waals surface area contributed by atoms with Gasteiger partial charge in [-0.3, -0.25) is 0 Å². The van der Waals surface area contributed by atoms with E-state index in [2.05, 4.69) is 5.32 Å². The maximum absolute atomic E-state index is 5.43. The predicted octanol–water partition coefficient (Wildman–Crippen LogP) is 2.33. The maximum atomic E-state index is 5.43. The van der Waals surface area contributed by atoms with Gasteiger partial charge in [-0.2, -0.15) is 0 Å². The Morgan fingerprint density at radius 3 is 2.20 bits per heavy atom. The summed E-state index contributed by atoms with van der Waals surface area (Å²) < 4.78 is 5.43. The monoisotopic (exact) mass is 209 g/mol. The van der Waals surface area contributed by atoms with Crippen LogP contribution in [-0.4, -0.2) is 25.3 Å². The molecular weight excluding hydrogens is 186 g/mol. The molecule has 86 valence electrons. The van der Waals surface area contributed by atoms with E-state index in [9.17, 15) is 0 Å². The van der Waals surface area contributed by atoms with Crippen molar-refractivity contribution in [3.63, 3.8) is 0 Å². The topological polar surface area (TPSA) is 21.3 Å². The number of piperidine rings is 1. The van der Waals surface area contributed by atoms with Gasteiger partial charge in [0.15, 0.2) is 0 Å². The Balaban J connectivity index is 1.50. The fourth-order valence-corrected chi connectivity index (χ4v) is 3.82. The third kappa shape index (κ3) is 2.36. The molecule has 3 rings (SSSR count). The Morgan fingerprint density at radius 1 is 0.867 bits per heavy atom. The van der Waals surface area contributed by atoms with Gasteiger partial charge >= 0.3 is 0 Å². The summed E-state index contributed by atoms with van der Waals surface area (Å²) in [6, 6.07) is 1.74. The standard InChI is InChI=1S/C13H23NO/c1-2-13-9-11(8-12(1)14-13)7-10-3-5-15-6-4-10/h10-14H,1-9H2. The highest BCUT2D eigenvalue weighted by Crippen LogP contribution is 2.36. The van der Waals surface area contributed by atoms with E-state index < -0.39 is 0 Å². The van der Waals surface area contributed by atoms with Crippen molar-refractivity contribution in [2.24, 2.45) is 11.8 Å². The van der Waals surface area contributed by atoms with Crippen molar-refractivity contribution in [1.82, 2.24) is 5.32 Å². The summed E-state index contributed by atoms with van der Waals surface area (Å²) in [5.74, 6) is 1.99. The Labute approximate surface area is 92.8 Å². The van der Waals surface area contributed by atoms with Crippen molar-refractivity contribution in [2.75, 3.05) is 13.2 Å². The molecule has 2 unspecified atom stereocenters. The molecule has 0 saturated carbocycles. The lowest BCUT2D eigenvalue weighted by Crippen LogP contribution is -2.38. The summed E-state index contributed by atoms with van der Waals surface area (Å²) in [5, 5.41) is 3.73. The molecule has 0 aromatic heterocycles. The molecule has 3 saturated heterocycles. The summed E-state index contributed by atoms with van der Waals surface area (Å²) in [6.45, 7) is 2.03. The highest BCUT2D eigenvalue weighted by molar-refractivity contribution is 4.92. The summed E-state index contributed by atoms with van der Waals surface area (Å²) in [7, 11) is 0. The summed E-state index contributed by atoms with van der Waals surface area (Å²) in [4.78, 5) is 0. The van der Waals surface area contributed by atoms with Gasteiger partial charge in [0.1, 0.15) is 0 Å². The van der Waals surface area contributed by atoms with Gasteiger partial charge in [0, 0.05) is 25.3 Å². The van der Waals surface area contributed by atoms with Crippen LogP contribution in [0.4, 0.5) is 0 Å². The average Bonchev–Trinajstić information content (AvgIpc) is 2.60. The van der Waals surface area contributed by atoms with Crippen LogP contribution in [0, 0.1) is 11.8 Å². The van der Waals surface area contributed by atoms with Crippen molar-refractivity contribution in [2.45, 2.75) is 57.0 Å². The van der Waals surface area contributed by atoms with Gasteiger partial charge in [-0.15, -0.1) is 0 Å². The van der Waals surface area contributed by atoms with Crippen LogP contribution in [-0.2, 0) is 4.74 Å². The van der Waals surface area contributed by atoms with Crippen molar-refractivity contribution < 1.29 is 4.74 Å². The zero-order valence-corrected chi connectivity index (χ0v) is 9.58. The fraction of sp³-hybridized carbons (Fsp3) is 1.00. The van der Waals surface area contributed by atoms with Crippen LogP contribution >= 0.6 is 0 Å². The Kier molecular flexibility index (Phi) is 2.98. The molecule has 0 aromatic rings. The fourth-order valence-electron chi connectivity index (χ4n) is 3.82. The molecule has 3 fully saturated rings. The highest BCUT2D eigenvalue weighted by atomic mass is 16.5. The molecule has 0 radical (unpaired) electrons. The van der Waals surface area contributed by atoms with Crippen molar-refractivity contribution >= 4 is 0 Å². The first-order valence-electron chi connectivity index (χ1n) is 6.74. The highest BCUT2D eigenvalue weighted by Gasteiger charge is 2.34. The molecule has 2 nitrogen and oxygen atoms in total. The zero-order chi connectivity index (χ0) is 10.1. The van der Waals surface area contributed by atoms with E-state index in [1.54, 1.807) is 0 Å². The molecule has 0 aliphatic carbocycles. The summed E-state index contributed by atoms with van der Waals surface area (Å²) >= 11 is 0. The van der Waals surface area contributed by atoms with Crippen LogP contribution in [0.3, 0.4) is 0 Å². The van der Waals surface area contributed by atoms with Crippen LogP contribution in [0.15, 0.2) is 0 Å². The van der Waals surface area contributed by atoms with Crippen molar-refractivity contribution in [1.29, 1.82) is 0 Å². The van der Waals surface area contributed by atoms with Crippen LogP contribution in [0.2, 0.25) is 0 Å². The van der Waals surface area contributed by atoms with E-state index in [1.807, 2.05) is 0 Å². The number of rotatable bonds is 2. The summed E-state index contributed by atoms with van der Waals surface area (Å²) in [6.07, 6.45) is 9.90. The molecule has 3 aliphatic rings. The van der Waals surface area contributed by atoms with Crippen molar-refractivity contribution in [3.05, 3.63) is 0 Å². The quantitative estimate of drug-likeness (QED) is 0.753. The first-order chi connectivity index (χ1) is 7.40. The van der Waals surface area contributed by atoms with Crippen molar-refractivity contribution in [3.8, 4) is 0 Å². The Hall–Kier alpha value is -0.0800. The molecule has 3 heterocycles. The van der Waals surface area contributed by atoms with E-state index >= 15 is 0 Å². The first-order valence-corrected chi connectivity index (χ1v) is 6.74.